The molecule has 0 saturated carbocycles. The minimum Gasteiger partial charge on any atom is -0.454 e. The summed E-state index contributed by atoms with van der Waals surface area (Å²) >= 11 is 0. The highest BCUT2D eigenvalue weighted by Crippen LogP contribution is 2.47. The van der Waals surface area contributed by atoms with E-state index in [4.69, 9.17) is 8.83 Å². The van der Waals surface area contributed by atoms with Gasteiger partial charge in [0, 0.05) is 43.1 Å². The predicted molar refractivity (Wildman–Crippen MR) is 192 cm³/mol. The van der Waals surface area contributed by atoms with Crippen molar-refractivity contribution >= 4 is 87.5 Å². The molecule has 4 aromatic heterocycles. The lowest BCUT2D eigenvalue weighted by Crippen LogP contribution is -1.90. The van der Waals surface area contributed by atoms with Gasteiger partial charge in [0.05, 0.1) is 16.6 Å². The first-order valence-corrected chi connectivity index (χ1v) is 16.1. The minimum absolute atomic E-state index is 0.905. The molecule has 46 heavy (non-hydrogen) atoms. The van der Waals surface area contributed by atoms with E-state index < -0.39 is 0 Å². The summed E-state index contributed by atoms with van der Waals surface area (Å²) < 4.78 is 15.8. The fourth-order valence-corrected chi connectivity index (χ4v) is 8.20. The number of aromatic nitrogens is 1. The number of hydrogen-bond acceptors (Lipinski definition) is 2. The van der Waals surface area contributed by atoms with Crippen molar-refractivity contribution in [2.45, 2.75) is 19.8 Å². The topological polar surface area (TPSA) is 30.7 Å². The molecule has 0 atom stereocenters. The maximum absolute atomic E-state index is 6.69. The largest absolute Gasteiger partial charge is 0.454 e. The zero-order valence-corrected chi connectivity index (χ0v) is 25.2. The molecule has 0 unspecified atom stereocenters. The number of furan rings is 2. The molecule has 3 nitrogen and oxygen atoms in total. The quantitative estimate of drug-likeness (QED) is 0.201. The van der Waals surface area contributed by atoms with Gasteiger partial charge in [0.15, 0.2) is 11.2 Å². The Hall–Kier alpha value is -5.80. The summed E-state index contributed by atoms with van der Waals surface area (Å²) in [7, 11) is 0. The minimum atomic E-state index is 0.905. The monoisotopic (exact) mass is 589 g/mol. The summed E-state index contributed by atoms with van der Waals surface area (Å²) in [6, 6.07) is 37.4. The Kier molecular flexibility index (Phi) is 4.62. The number of rotatable bonds is 2. The van der Waals surface area contributed by atoms with Crippen LogP contribution < -0.4 is 0 Å². The van der Waals surface area contributed by atoms with Gasteiger partial charge in [0.2, 0.25) is 0 Å². The molecule has 3 heteroatoms. The van der Waals surface area contributed by atoms with Gasteiger partial charge >= 0.3 is 0 Å². The van der Waals surface area contributed by atoms with Crippen LogP contribution in [0, 0.1) is 6.92 Å². The fraction of sp³-hybridized carbons (Fsp3) is 0.0698. The summed E-state index contributed by atoms with van der Waals surface area (Å²) in [6.07, 6.45) is 9.12. The zero-order valence-electron chi connectivity index (χ0n) is 25.2. The van der Waals surface area contributed by atoms with Crippen LogP contribution in [-0.2, 0) is 0 Å². The normalized spacial score (nSPS) is 14.1. The molecule has 1 aliphatic rings. The number of nitrogens with zero attached hydrogens (tertiary/aromatic N) is 1. The second-order valence-corrected chi connectivity index (χ2v) is 12.8. The van der Waals surface area contributed by atoms with Crippen LogP contribution in [0.2, 0.25) is 0 Å². The second-order valence-electron chi connectivity index (χ2n) is 12.8. The average molecular weight is 590 g/mol. The summed E-state index contributed by atoms with van der Waals surface area (Å²) in [5, 5.41) is 9.37. The number of fused-ring (bicyclic) bond motifs is 14. The first-order valence-electron chi connectivity index (χ1n) is 16.1. The smallest absolute Gasteiger partial charge is 0.160 e. The van der Waals surface area contributed by atoms with Crippen molar-refractivity contribution < 1.29 is 8.83 Å². The van der Waals surface area contributed by atoms with Crippen molar-refractivity contribution in [3.8, 4) is 11.1 Å². The molecule has 0 saturated heterocycles. The van der Waals surface area contributed by atoms with Gasteiger partial charge in [-0.25, -0.2) is 0 Å². The molecule has 0 aliphatic heterocycles. The highest BCUT2D eigenvalue weighted by atomic mass is 16.3. The first kappa shape index (κ1) is 24.5. The number of benzene rings is 6. The Morgan fingerprint density at radius 3 is 1.72 bits per heavy atom. The molecule has 0 radical (unpaired) electrons. The van der Waals surface area contributed by atoms with Crippen molar-refractivity contribution in [1.82, 2.24) is 4.40 Å². The van der Waals surface area contributed by atoms with E-state index in [-0.39, 0.29) is 0 Å². The first-order chi connectivity index (χ1) is 22.7. The third-order valence-corrected chi connectivity index (χ3v) is 10.3. The number of para-hydroxylation sites is 2. The average Bonchev–Trinajstić information content (AvgIpc) is 3.84. The van der Waals surface area contributed by atoms with Crippen LogP contribution in [0.1, 0.15) is 24.0 Å². The Balaban J connectivity index is 1.30. The van der Waals surface area contributed by atoms with E-state index in [0.29, 0.717) is 0 Å². The zero-order chi connectivity index (χ0) is 30.1. The Labute approximate surface area is 263 Å². The highest BCUT2D eigenvalue weighted by Gasteiger charge is 2.25. The third-order valence-electron chi connectivity index (χ3n) is 10.3. The predicted octanol–water partition coefficient (Wildman–Crippen LogP) is 12.3. The lowest BCUT2D eigenvalue weighted by atomic mass is 9.92. The molecule has 0 spiro atoms. The van der Waals surface area contributed by atoms with Crippen molar-refractivity contribution in [1.29, 1.82) is 0 Å². The van der Waals surface area contributed by atoms with Gasteiger partial charge in [0.1, 0.15) is 11.2 Å². The molecule has 1 aliphatic carbocycles. The maximum Gasteiger partial charge on any atom is 0.160 e. The van der Waals surface area contributed by atoms with Crippen LogP contribution >= 0.6 is 0 Å². The van der Waals surface area contributed by atoms with Crippen LogP contribution in [0.25, 0.3) is 98.7 Å². The maximum atomic E-state index is 6.69. The Morgan fingerprint density at radius 1 is 0.522 bits per heavy atom. The Bertz CT molecular complexity index is 2820. The van der Waals surface area contributed by atoms with Crippen LogP contribution in [0.15, 0.2) is 130 Å². The molecule has 4 heterocycles. The van der Waals surface area contributed by atoms with Crippen LogP contribution in [0.3, 0.4) is 0 Å². The van der Waals surface area contributed by atoms with Gasteiger partial charge in [0.25, 0.3) is 0 Å². The lowest BCUT2D eigenvalue weighted by Gasteiger charge is -2.12. The molecule has 6 aromatic carbocycles. The van der Waals surface area contributed by atoms with Crippen molar-refractivity contribution in [2.75, 3.05) is 0 Å². The molecule has 10 aromatic rings. The summed E-state index contributed by atoms with van der Waals surface area (Å²) in [4.78, 5) is 0. The van der Waals surface area contributed by atoms with Crippen LogP contribution in [-0.4, -0.2) is 4.40 Å². The Morgan fingerprint density at radius 2 is 1.13 bits per heavy atom. The van der Waals surface area contributed by atoms with E-state index in [1.807, 2.05) is 12.1 Å². The summed E-state index contributed by atoms with van der Waals surface area (Å²) in [6.45, 7) is 2.24. The number of hydrogen-bond donors (Lipinski definition) is 0. The molecule has 216 valence electrons. The van der Waals surface area contributed by atoms with E-state index in [9.17, 15) is 0 Å². The van der Waals surface area contributed by atoms with Crippen molar-refractivity contribution in [3.05, 3.63) is 132 Å². The van der Waals surface area contributed by atoms with Gasteiger partial charge in [-0.15, -0.1) is 0 Å². The molecular formula is C43H27NO2. The molecule has 0 N–H and O–H groups in total. The van der Waals surface area contributed by atoms with Gasteiger partial charge in [-0.1, -0.05) is 85.0 Å². The van der Waals surface area contributed by atoms with Crippen molar-refractivity contribution in [2.24, 2.45) is 0 Å². The van der Waals surface area contributed by atoms with E-state index >= 15 is 0 Å². The van der Waals surface area contributed by atoms with Crippen LogP contribution in [0.4, 0.5) is 0 Å². The molecule has 11 rings (SSSR count). The van der Waals surface area contributed by atoms with Gasteiger partial charge in [-0.3, -0.25) is 0 Å². The molecule has 0 amide bonds. The number of aryl methyl sites for hydroxylation is 1. The van der Waals surface area contributed by atoms with E-state index in [1.54, 1.807) is 0 Å². The lowest BCUT2D eigenvalue weighted by molar-refractivity contribution is 0.670. The van der Waals surface area contributed by atoms with E-state index in [1.165, 1.54) is 54.9 Å². The SMILES string of the molecule is Cc1cc(C2=CCCC=C2)ccc1-c1cc2c3ccc4c5ccccc5oc4c3n3c2c(c1)c1ccc2c4ccccc4oc2c13. The standard InChI is InChI=1S/C43H27NO2/c1-24-21-26(25-9-3-2-4-10-25)15-16-28(24)27-22-35-31-17-19-33-29-11-5-7-13-37(29)45-42(33)40(31)44-39(35)36(23-27)32-18-20-34-30-12-6-8-14-38(30)46-43(34)41(32)44/h3,5-23H,2,4H2,1H3. The van der Waals surface area contributed by atoms with E-state index in [2.05, 4.69) is 121 Å². The third kappa shape index (κ3) is 3.07. The van der Waals surface area contributed by atoms with Gasteiger partial charge < -0.3 is 13.2 Å². The fourth-order valence-electron chi connectivity index (χ4n) is 8.20. The molecular weight excluding hydrogens is 562 g/mol. The summed E-state index contributed by atoms with van der Waals surface area (Å²) in [5.41, 5.74) is 13.4. The number of allylic oxidation sites excluding steroid dienone is 4. The van der Waals surface area contributed by atoms with Gasteiger partial charge in [-0.05, 0) is 84.0 Å². The summed E-state index contributed by atoms with van der Waals surface area (Å²) in [5.74, 6) is 0. The van der Waals surface area contributed by atoms with E-state index in [0.717, 1.165) is 67.8 Å². The molecule has 0 bridgehead atoms. The highest BCUT2D eigenvalue weighted by molar-refractivity contribution is 6.32. The second kappa shape index (κ2) is 8.68. The van der Waals surface area contributed by atoms with Crippen molar-refractivity contribution in [3.63, 3.8) is 0 Å². The molecule has 0 fully saturated rings. The van der Waals surface area contributed by atoms with Crippen LogP contribution in [0.5, 0.6) is 0 Å². The van der Waals surface area contributed by atoms with Gasteiger partial charge in [-0.2, -0.15) is 0 Å².